The Morgan fingerprint density at radius 3 is 2.60 bits per heavy atom. The van der Waals surface area contributed by atoms with Crippen LogP contribution < -0.4 is 15.4 Å². The number of hydrogen-bond donors (Lipinski definition) is 3. The Labute approximate surface area is 178 Å². The van der Waals surface area contributed by atoms with Gasteiger partial charge in [0.1, 0.15) is 5.69 Å². The number of ether oxygens (including phenoxy) is 1. The number of rotatable bonds is 9. The van der Waals surface area contributed by atoms with E-state index in [2.05, 4.69) is 60.7 Å². The maximum atomic E-state index is 7.94. The third kappa shape index (κ3) is 5.14. The molecule has 30 heavy (non-hydrogen) atoms. The van der Waals surface area contributed by atoms with Gasteiger partial charge in [0.05, 0.1) is 29.2 Å². The smallest absolute Gasteiger partial charge is 0.222 e. The number of anilines is 2. The van der Waals surface area contributed by atoms with Crippen molar-refractivity contribution < 1.29 is 4.74 Å². The van der Waals surface area contributed by atoms with E-state index in [-0.39, 0.29) is 6.04 Å². The largest absolute Gasteiger partial charge is 0.477 e. The van der Waals surface area contributed by atoms with Crippen LogP contribution in [0.1, 0.15) is 37.6 Å². The Morgan fingerprint density at radius 1 is 1.17 bits per heavy atom. The summed E-state index contributed by atoms with van der Waals surface area (Å²) in [6, 6.07) is 14.4. The topological polar surface area (TPSA) is 82.9 Å². The molecule has 0 atom stereocenters. The molecule has 0 spiro atoms. The first kappa shape index (κ1) is 21.3. The van der Waals surface area contributed by atoms with Crippen molar-refractivity contribution in [2.45, 2.75) is 40.3 Å². The number of aryl methyl sites for hydroxylation is 1. The van der Waals surface area contributed by atoms with Gasteiger partial charge in [-0.2, -0.15) is 0 Å². The summed E-state index contributed by atoms with van der Waals surface area (Å²) in [6.45, 7) is 9.34. The van der Waals surface area contributed by atoms with E-state index >= 15 is 0 Å². The molecular weight excluding hydrogens is 374 g/mol. The number of benzene rings is 1. The van der Waals surface area contributed by atoms with Gasteiger partial charge < -0.3 is 20.8 Å². The highest BCUT2D eigenvalue weighted by atomic mass is 16.5. The molecular formula is C24H29N5O. The van der Waals surface area contributed by atoms with E-state index in [4.69, 9.17) is 15.1 Å². The zero-order chi connectivity index (χ0) is 21.5. The summed E-state index contributed by atoms with van der Waals surface area (Å²) in [6.07, 6.45) is 2.99. The molecule has 6 heteroatoms. The zero-order valence-corrected chi connectivity index (χ0v) is 18.0. The monoisotopic (exact) mass is 403 g/mol. The number of nitrogens with zero attached hydrogens (tertiary/aromatic N) is 2. The van der Waals surface area contributed by atoms with E-state index in [0.29, 0.717) is 30.4 Å². The molecule has 156 valence electrons. The van der Waals surface area contributed by atoms with Crippen molar-refractivity contribution in [2.24, 2.45) is 0 Å². The average molecular weight is 404 g/mol. The molecule has 0 fully saturated rings. The van der Waals surface area contributed by atoms with Crippen molar-refractivity contribution in [1.29, 1.82) is 5.41 Å². The van der Waals surface area contributed by atoms with Gasteiger partial charge in [0.2, 0.25) is 5.88 Å². The fourth-order valence-corrected chi connectivity index (χ4v) is 3.13. The molecule has 2 aromatic heterocycles. The zero-order valence-electron chi connectivity index (χ0n) is 18.0. The Morgan fingerprint density at radius 2 is 1.93 bits per heavy atom. The Kier molecular flexibility index (Phi) is 7.01. The van der Waals surface area contributed by atoms with Gasteiger partial charge in [-0.1, -0.05) is 29.8 Å². The molecule has 3 aromatic rings. The third-order valence-electron chi connectivity index (χ3n) is 4.55. The first-order chi connectivity index (χ1) is 14.5. The number of hydrogen-bond acceptors (Lipinski definition) is 6. The van der Waals surface area contributed by atoms with E-state index in [1.807, 2.05) is 25.1 Å². The summed E-state index contributed by atoms with van der Waals surface area (Å²) < 4.78 is 5.70. The van der Waals surface area contributed by atoms with Crippen LogP contribution in [0.15, 0.2) is 48.7 Å². The minimum absolute atomic E-state index is 0.202. The van der Waals surface area contributed by atoms with Crippen molar-refractivity contribution >= 4 is 17.6 Å². The molecule has 0 aliphatic heterocycles. The maximum absolute atomic E-state index is 7.94. The van der Waals surface area contributed by atoms with Gasteiger partial charge in [-0.25, -0.2) is 9.97 Å². The summed E-state index contributed by atoms with van der Waals surface area (Å²) in [5, 5.41) is 14.9. The molecule has 2 heterocycles. The third-order valence-corrected chi connectivity index (χ3v) is 4.55. The number of aromatic nitrogens is 2. The van der Waals surface area contributed by atoms with Crippen LogP contribution in [0.3, 0.4) is 0 Å². The molecule has 1 aromatic carbocycles. The van der Waals surface area contributed by atoms with Gasteiger partial charge in [-0.3, -0.25) is 0 Å². The van der Waals surface area contributed by atoms with Crippen LogP contribution in [0, 0.1) is 12.3 Å². The van der Waals surface area contributed by atoms with Crippen LogP contribution in [0.4, 0.5) is 11.4 Å². The summed E-state index contributed by atoms with van der Waals surface area (Å²) >= 11 is 0. The summed E-state index contributed by atoms with van der Waals surface area (Å²) in [5.41, 5.74) is 6.21. The minimum atomic E-state index is 0.202. The highest BCUT2D eigenvalue weighted by Gasteiger charge is 2.16. The predicted molar refractivity (Wildman–Crippen MR) is 124 cm³/mol. The predicted octanol–water partition coefficient (Wildman–Crippen LogP) is 5.28. The molecule has 0 amide bonds. The van der Waals surface area contributed by atoms with Gasteiger partial charge in [0, 0.05) is 25.0 Å². The lowest BCUT2D eigenvalue weighted by molar-refractivity contribution is 0.328. The fourth-order valence-electron chi connectivity index (χ4n) is 3.13. The van der Waals surface area contributed by atoms with Crippen LogP contribution in [-0.2, 0) is 6.54 Å². The summed E-state index contributed by atoms with van der Waals surface area (Å²) in [4.78, 5) is 9.07. The Balaban J connectivity index is 2.04. The normalized spacial score (nSPS) is 10.7. The molecule has 0 aliphatic carbocycles. The van der Waals surface area contributed by atoms with E-state index in [1.54, 1.807) is 6.20 Å². The standard InChI is InChI=1S/C24H29N5O/c1-5-30-24-19(7-6-12-26-24)20-13-21(23(28-16(2)3)22(14-25)29-20)27-15-18-10-8-17(4)9-11-18/h6-14,16,25,28H,5,15H2,1-4H3,(H,27,29). The fraction of sp³-hybridized carbons (Fsp3) is 0.292. The van der Waals surface area contributed by atoms with E-state index < -0.39 is 0 Å². The second kappa shape index (κ2) is 9.87. The quantitative estimate of drug-likeness (QED) is 0.423. The molecule has 3 N–H and O–H groups in total. The molecule has 0 saturated carbocycles. The number of pyridine rings is 2. The molecule has 0 radical (unpaired) electrons. The van der Waals surface area contributed by atoms with Crippen molar-refractivity contribution in [3.8, 4) is 17.1 Å². The van der Waals surface area contributed by atoms with Crippen LogP contribution in [-0.4, -0.2) is 28.8 Å². The van der Waals surface area contributed by atoms with Crippen molar-refractivity contribution in [2.75, 3.05) is 17.2 Å². The average Bonchev–Trinajstić information content (AvgIpc) is 2.74. The second-order valence-corrected chi connectivity index (χ2v) is 7.39. The van der Waals surface area contributed by atoms with Crippen LogP contribution in [0.5, 0.6) is 5.88 Å². The lowest BCUT2D eigenvalue weighted by atomic mass is 10.1. The van der Waals surface area contributed by atoms with Crippen molar-refractivity contribution in [3.05, 3.63) is 65.5 Å². The van der Waals surface area contributed by atoms with Gasteiger partial charge in [-0.05, 0) is 51.5 Å². The summed E-state index contributed by atoms with van der Waals surface area (Å²) in [5.74, 6) is 0.539. The lowest BCUT2D eigenvalue weighted by Gasteiger charge is -2.20. The highest BCUT2D eigenvalue weighted by molar-refractivity contribution is 5.91. The molecule has 0 saturated heterocycles. The maximum Gasteiger partial charge on any atom is 0.222 e. The van der Waals surface area contributed by atoms with Crippen molar-refractivity contribution in [1.82, 2.24) is 9.97 Å². The highest BCUT2D eigenvalue weighted by Crippen LogP contribution is 2.34. The first-order valence-electron chi connectivity index (χ1n) is 10.2. The second-order valence-electron chi connectivity index (χ2n) is 7.39. The first-order valence-corrected chi connectivity index (χ1v) is 10.2. The van der Waals surface area contributed by atoms with E-state index in [1.165, 1.54) is 17.3 Å². The van der Waals surface area contributed by atoms with Gasteiger partial charge in [0.25, 0.3) is 0 Å². The molecule has 3 rings (SSSR count). The van der Waals surface area contributed by atoms with E-state index in [0.717, 1.165) is 16.9 Å². The SMILES string of the molecule is CCOc1ncccc1-c1cc(NCc2ccc(C)cc2)c(NC(C)C)c(C=N)n1. The van der Waals surface area contributed by atoms with Crippen LogP contribution in [0.2, 0.25) is 0 Å². The summed E-state index contributed by atoms with van der Waals surface area (Å²) in [7, 11) is 0. The molecule has 6 nitrogen and oxygen atoms in total. The van der Waals surface area contributed by atoms with Crippen molar-refractivity contribution in [3.63, 3.8) is 0 Å². The molecule has 0 aliphatic rings. The van der Waals surface area contributed by atoms with Crippen LogP contribution in [0.25, 0.3) is 11.3 Å². The minimum Gasteiger partial charge on any atom is -0.477 e. The van der Waals surface area contributed by atoms with E-state index in [9.17, 15) is 0 Å². The Bertz CT molecular complexity index is 999. The Hall–Kier alpha value is -3.41. The van der Waals surface area contributed by atoms with Gasteiger partial charge in [-0.15, -0.1) is 0 Å². The molecule has 0 bridgehead atoms. The van der Waals surface area contributed by atoms with Crippen LogP contribution >= 0.6 is 0 Å². The lowest BCUT2D eigenvalue weighted by Crippen LogP contribution is -2.15. The van der Waals surface area contributed by atoms with Gasteiger partial charge >= 0.3 is 0 Å². The number of nitrogens with one attached hydrogen (secondary N) is 3. The molecule has 0 unspecified atom stereocenters. The van der Waals surface area contributed by atoms with Gasteiger partial charge in [0.15, 0.2) is 0 Å².